The molecule has 0 spiro atoms. The highest BCUT2D eigenvalue weighted by Crippen LogP contribution is 2.27. The number of carbonyl (C=O) groups is 2. The first-order valence-corrected chi connectivity index (χ1v) is 9.85. The van der Waals surface area contributed by atoms with E-state index in [0.29, 0.717) is 12.3 Å². The topological polar surface area (TPSA) is 79.5 Å². The molecule has 1 heterocycles. The summed E-state index contributed by atoms with van der Waals surface area (Å²) in [4.78, 5) is 24.5. The number of ether oxygens (including phenoxy) is 1. The Morgan fingerprint density at radius 1 is 1.04 bits per heavy atom. The van der Waals surface area contributed by atoms with Crippen LogP contribution in [0.2, 0.25) is 0 Å². The number of rotatable bonds is 9. The zero-order valence-electron chi connectivity index (χ0n) is 16.2. The molecule has 3 rings (SSSR count). The molecule has 2 aromatic carbocycles. The average Bonchev–Trinajstić information content (AvgIpc) is 2.69. The van der Waals surface area contributed by atoms with Crippen molar-refractivity contribution in [2.24, 2.45) is 0 Å². The highest BCUT2D eigenvalue weighted by Gasteiger charge is 2.27. The molecule has 1 aliphatic heterocycles. The lowest BCUT2D eigenvalue weighted by atomic mass is 10.1. The standard InChI is InChI=1S/C22H27N3O3/c1-2-3-4-7-14-28-17-12-10-16(11-13-17)23-21(26)15-20-22(27)25-19-9-6-5-8-18(19)24-20/h5-6,8-13,20,24H,2-4,7,14-15H2,1H3,(H,23,26)(H,25,27). The predicted molar refractivity (Wildman–Crippen MR) is 112 cm³/mol. The van der Waals surface area contributed by atoms with Crippen LogP contribution in [0.4, 0.5) is 17.1 Å². The summed E-state index contributed by atoms with van der Waals surface area (Å²) < 4.78 is 5.71. The molecule has 0 fully saturated rings. The first-order valence-electron chi connectivity index (χ1n) is 9.85. The van der Waals surface area contributed by atoms with E-state index in [9.17, 15) is 9.59 Å². The van der Waals surface area contributed by atoms with Gasteiger partial charge in [-0.15, -0.1) is 0 Å². The number of amides is 2. The summed E-state index contributed by atoms with van der Waals surface area (Å²) in [6.07, 6.45) is 4.71. The third-order valence-corrected chi connectivity index (χ3v) is 4.63. The minimum atomic E-state index is -0.597. The van der Waals surface area contributed by atoms with Crippen LogP contribution in [0.1, 0.15) is 39.0 Å². The second-order valence-corrected chi connectivity index (χ2v) is 6.92. The van der Waals surface area contributed by atoms with E-state index in [1.54, 1.807) is 0 Å². The van der Waals surface area contributed by atoms with E-state index < -0.39 is 6.04 Å². The third kappa shape index (κ3) is 5.49. The zero-order valence-corrected chi connectivity index (χ0v) is 16.2. The van der Waals surface area contributed by atoms with Crippen LogP contribution < -0.4 is 20.7 Å². The Kier molecular flexibility index (Phi) is 6.89. The van der Waals surface area contributed by atoms with Crippen molar-refractivity contribution in [3.8, 4) is 5.75 Å². The van der Waals surface area contributed by atoms with Gasteiger partial charge in [0.05, 0.1) is 24.4 Å². The number of fused-ring (bicyclic) bond motifs is 1. The maximum atomic E-state index is 12.3. The summed E-state index contributed by atoms with van der Waals surface area (Å²) in [5.41, 5.74) is 2.23. The summed E-state index contributed by atoms with van der Waals surface area (Å²) in [6.45, 7) is 2.89. The van der Waals surface area contributed by atoms with Crippen LogP contribution in [0.15, 0.2) is 48.5 Å². The number of hydrogen-bond acceptors (Lipinski definition) is 4. The number of nitrogens with one attached hydrogen (secondary N) is 3. The third-order valence-electron chi connectivity index (χ3n) is 4.63. The highest BCUT2D eigenvalue weighted by molar-refractivity contribution is 6.06. The molecule has 2 aromatic rings. The number of hydrogen-bond donors (Lipinski definition) is 3. The molecular weight excluding hydrogens is 354 g/mol. The number of para-hydroxylation sites is 2. The fourth-order valence-corrected chi connectivity index (χ4v) is 3.09. The van der Waals surface area contributed by atoms with Gasteiger partial charge in [-0.1, -0.05) is 38.3 Å². The molecule has 0 bridgehead atoms. The first kappa shape index (κ1) is 19.7. The Morgan fingerprint density at radius 3 is 2.54 bits per heavy atom. The van der Waals surface area contributed by atoms with Gasteiger partial charge in [0.15, 0.2) is 0 Å². The summed E-state index contributed by atoms with van der Waals surface area (Å²) in [5, 5.41) is 8.77. The number of benzene rings is 2. The summed E-state index contributed by atoms with van der Waals surface area (Å²) in [5.74, 6) is 0.361. The molecule has 0 radical (unpaired) electrons. The van der Waals surface area contributed by atoms with Gasteiger partial charge in [0.1, 0.15) is 11.8 Å². The second-order valence-electron chi connectivity index (χ2n) is 6.92. The quantitative estimate of drug-likeness (QED) is 0.562. The monoisotopic (exact) mass is 381 g/mol. The van der Waals surface area contributed by atoms with Crippen molar-refractivity contribution in [2.75, 3.05) is 22.6 Å². The molecule has 148 valence electrons. The lowest BCUT2D eigenvalue weighted by molar-refractivity contribution is -0.122. The summed E-state index contributed by atoms with van der Waals surface area (Å²) in [7, 11) is 0. The minimum Gasteiger partial charge on any atom is -0.494 e. The maximum Gasteiger partial charge on any atom is 0.247 e. The van der Waals surface area contributed by atoms with Crippen molar-refractivity contribution < 1.29 is 14.3 Å². The van der Waals surface area contributed by atoms with E-state index in [2.05, 4.69) is 22.9 Å². The van der Waals surface area contributed by atoms with E-state index in [-0.39, 0.29) is 18.2 Å². The van der Waals surface area contributed by atoms with Gasteiger partial charge in [0.25, 0.3) is 0 Å². The number of carbonyl (C=O) groups excluding carboxylic acids is 2. The first-order chi connectivity index (χ1) is 13.7. The molecule has 0 aromatic heterocycles. The molecule has 28 heavy (non-hydrogen) atoms. The molecular formula is C22H27N3O3. The van der Waals surface area contributed by atoms with Crippen LogP contribution in [-0.2, 0) is 9.59 Å². The molecule has 2 amide bonds. The Labute approximate surface area is 165 Å². The van der Waals surface area contributed by atoms with Gasteiger partial charge in [-0.25, -0.2) is 0 Å². The zero-order chi connectivity index (χ0) is 19.8. The minimum absolute atomic E-state index is 0.0514. The molecule has 1 atom stereocenters. The van der Waals surface area contributed by atoms with Gasteiger partial charge in [-0.05, 0) is 42.8 Å². The fraction of sp³-hybridized carbons (Fsp3) is 0.364. The second kappa shape index (κ2) is 9.78. The summed E-state index contributed by atoms with van der Waals surface area (Å²) in [6, 6.07) is 14.1. The molecule has 1 unspecified atom stereocenters. The normalized spacial score (nSPS) is 15.2. The fourth-order valence-electron chi connectivity index (χ4n) is 3.09. The van der Waals surface area contributed by atoms with Crippen LogP contribution in [0.25, 0.3) is 0 Å². The summed E-state index contributed by atoms with van der Waals surface area (Å²) >= 11 is 0. The van der Waals surface area contributed by atoms with Crippen molar-refractivity contribution in [3.05, 3.63) is 48.5 Å². The Balaban J connectivity index is 1.46. The van der Waals surface area contributed by atoms with E-state index in [4.69, 9.17) is 4.74 Å². The molecule has 6 nitrogen and oxygen atoms in total. The molecule has 0 saturated heterocycles. The van der Waals surface area contributed by atoms with Gasteiger partial charge in [-0.3, -0.25) is 9.59 Å². The average molecular weight is 381 g/mol. The van der Waals surface area contributed by atoms with Crippen molar-refractivity contribution in [3.63, 3.8) is 0 Å². The van der Waals surface area contributed by atoms with Crippen LogP contribution in [0.5, 0.6) is 5.75 Å². The highest BCUT2D eigenvalue weighted by atomic mass is 16.5. The Morgan fingerprint density at radius 2 is 1.79 bits per heavy atom. The van der Waals surface area contributed by atoms with E-state index >= 15 is 0 Å². The Bertz CT molecular complexity index is 805. The number of anilines is 3. The Hall–Kier alpha value is -3.02. The lowest BCUT2D eigenvalue weighted by Gasteiger charge is -2.26. The van der Waals surface area contributed by atoms with Crippen molar-refractivity contribution in [2.45, 2.75) is 45.1 Å². The van der Waals surface area contributed by atoms with Crippen molar-refractivity contribution in [1.29, 1.82) is 0 Å². The number of unbranched alkanes of at least 4 members (excludes halogenated alkanes) is 3. The van der Waals surface area contributed by atoms with E-state index in [0.717, 1.165) is 23.5 Å². The SMILES string of the molecule is CCCCCCOc1ccc(NC(=O)CC2Nc3ccccc3NC2=O)cc1. The van der Waals surface area contributed by atoms with Gasteiger partial charge in [0, 0.05) is 5.69 Å². The van der Waals surface area contributed by atoms with Gasteiger partial charge < -0.3 is 20.7 Å². The van der Waals surface area contributed by atoms with Crippen LogP contribution in [0, 0.1) is 0 Å². The van der Waals surface area contributed by atoms with Crippen LogP contribution >= 0.6 is 0 Å². The molecule has 1 aliphatic rings. The van der Waals surface area contributed by atoms with Crippen molar-refractivity contribution in [1.82, 2.24) is 0 Å². The smallest absolute Gasteiger partial charge is 0.247 e. The van der Waals surface area contributed by atoms with Gasteiger partial charge >= 0.3 is 0 Å². The van der Waals surface area contributed by atoms with E-state index in [1.807, 2.05) is 48.5 Å². The van der Waals surface area contributed by atoms with Gasteiger partial charge in [0.2, 0.25) is 11.8 Å². The van der Waals surface area contributed by atoms with Crippen LogP contribution in [0.3, 0.4) is 0 Å². The van der Waals surface area contributed by atoms with Gasteiger partial charge in [-0.2, -0.15) is 0 Å². The predicted octanol–water partition coefficient (Wildman–Crippen LogP) is 4.41. The largest absolute Gasteiger partial charge is 0.494 e. The molecule has 6 heteroatoms. The maximum absolute atomic E-state index is 12.3. The van der Waals surface area contributed by atoms with Crippen molar-refractivity contribution >= 4 is 28.9 Å². The lowest BCUT2D eigenvalue weighted by Crippen LogP contribution is -2.41. The molecule has 0 aliphatic carbocycles. The van der Waals surface area contributed by atoms with E-state index in [1.165, 1.54) is 19.3 Å². The molecule has 3 N–H and O–H groups in total. The van der Waals surface area contributed by atoms with Crippen LogP contribution in [-0.4, -0.2) is 24.5 Å². The molecule has 0 saturated carbocycles.